The van der Waals surface area contributed by atoms with E-state index in [0.29, 0.717) is 22.3 Å². The lowest BCUT2D eigenvalue weighted by Crippen LogP contribution is -2.20. The van der Waals surface area contributed by atoms with E-state index in [9.17, 15) is 4.79 Å². The van der Waals surface area contributed by atoms with Crippen molar-refractivity contribution in [2.45, 2.75) is 13.3 Å². The van der Waals surface area contributed by atoms with E-state index < -0.39 is 0 Å². The Kier molecular flexibility index (Phi) is 7.83. The maximum atomic E-state index is 12.4. The lowest BCUT2D eigenvalue weighted by Gasteiger charge is -2.12. The van der Waals surface area contributed by atoms with E-state index in [4.69, 9.17) is 17.0 Å². The van der Waals surface area contributed by atoms with Gasteiger partial charge in [-0.1, -0.05) is 46.3 Å². The molecule has 3 rings (SSSR count). The molecular formula is C21H18Br2N2O2S2. The molecule has 0 aliphatic rings. The zero-order valence-electron chi connectivity index (χ0n) is 15.5. The van der Waals surface area contributed by atoms with Crippen LogP contribution in [-0.2, 0) is 11.2 Å². The van der Waals surface area contributed by atoms with Crippen LogP contribution in [0.4, 0.5) is 10.7 Å². The number of nitrogens with one attached hydrogen (secondary N) is 2. The van der Waals surface area contributed by atoms with Gasteiger partial charge in [-0.3, -0.25) is 0 Å². The molecule has 0 atom stereocenters. The second-order valence-electron chi connectivity index (χ2n) is 6.04. The summed E-state index contributed by atoms with van der Waals surface area (Å²) >= 11 is 13.9. The van der Waals surface area contributed by atoms with Crippen LogP contribution < -0.4 is 10.6 Å². The maximum Gasteiger partial charge on any atom is 0.341 e. The molecular weight excluding hydrogens is 536 g/mol. The van der Waals surface area contributed by atoms with Gasteiger partial charge in [0.25, 0.3) is 0 Å². The average Bonchev–Trinajstić information content (AvgIpc) is 3.07. The lowest BCUT2D eigenvalue weighted by molar-refractivity contribution is 0.0528. The zero-order chi connectivity index (χ0) is 20.8. The monoisotopic (exact) mass is 552 g/mol. The fourth-order valence-corrected chi connectivity index (χ4v) is 5.13. The van der Waals surface area contributed by atoms with Crippen molar-refractivity contribution in [1.29, 1.82) is 0 Å². The fraction of sp³-hybridized carbons (Fsp3) is 0.143. The first kappa shape index (κ1) is 22.0. The summed E-state index contributed by atoms with van der Waals surface area (Å²) in [6, 6.07) is 17.7. The third-order valence-electron chi connectivity index (χ3n) is 3.91. The van der Waals surface area contributed by atoms with Gasteiger partial charge in [0.1, 0.15) is 5.00 Å². The normalized spacial score (nSPS) is 10.4. The van der Waals surface area contributed by atoms with E-state index in [0.717, 1.165) is 25.9 Å². The van der Waals surface area contributed by atoms with Crippen LogP contribution in [0.3, 0.4) is 0 Å². The summed E-state index contributed by atoms with van der Waals surface area (Å²) in [5.41, 5.74) is 2.49. The molecule has 1 aromatic heterocycles. The molecule has 4 nitrogen and oxygen atoms in total. The minimum atomic E-state index is -0.363. The second-order valence-corrected chi connectivity index (χ2v) is 9.36. The van der Waals surface area contributed by atoms with Crippen LogP contribution in [0.15, 0.2) is 63.5 Å². The largest absolute Gasteiger partial charge is 0.462 e. The van der Waals surface area contributed by atoms with Gasteiger partial charge in [0, 0.05) is 20.2 Å². The van der Waals surface area contributed by atoms with Crippen molar-refractivity contribution in [3.63, 3.8) is 0 Å². The molecule has 0 bridgehead atoms. The summed E-state index contributed by atoms with van der Waals surface area (Å²) in [4.78, 5) is 13.5. The first-order valence-corrected chi connectivity index (χ1v) is 11.6. The highest BCUT2D eigenvalue weighted by molar-refractivity contribution is 9.11. The quantitative estimate of drug-likeness (QED) is 0.258. The first-order chi connectivity index (χ1) is 14.0. The van der Waals surface area contributed by atoms with Crippen molar-refractivity contribution in [2.24, 2.45) is 0 Å². The van der Waals surface area contributed by atoms with E-state index in [1.54, 1.807) is 6.92 Å². The van der Waals surface area contributed by atoms with Crippen molar-refractivity contribution in [3.8, 4) is 0 Å². The Bertz CT molecular complexity index is 1020. The average molecular weight is 554 g/mol. The van der Waals surface area contributed by atoms with E-state index in [2.05, 4.69) is 54.6 Å². The molecule has 1 heterocycles. The molecule has 2 N–H and O–H groups in total. The Hall–Kier alpha value is -1.74. The number of carbonyl (C=O) groups is 1. The summed E-state index contributed by atoms with van der Waals surface area (Å²) in [7, 11) is 0. The summed E-state index contributed by atoms with van der Waals surface area (Å²) in [5, 5.41) is 7.36. The summed E-state index contributed by atoms with van der Waals surface area (Å²) in [5.74, 6) is -0.363. The van der Waals surface area contributed by atoms with E-state index in [-0.39, 0.29) is 5.97 Å². The number of carbonyl (C=O) groups excluding carboxylic acids is 1. The highest BCUT2D eigenvalue weighted by atomic mass is 79.9. The van der Waals surface area contributed by atoms with Crippen LogP contribution in [0.1, 0.15) is 27.7 Å². The standard InChI is InChI=1S/C21H18Br2N2O2S2/c1-2-27-20(26)16-12-15(10-13-6-4-3-5-7-13)29-19(16)25-21(28)24-18-9-8-14(22)11-17(18)23/h3-9,11-12H,2,10H2,1H3,(H2,24,25,28). The SMILES string of the molecule is CCOC(=O)c1cc(Cc2ccccc2)sc1NC(=S)Nc1ccc(Br)cc1Br. The van der Waals surface area contributed by atoms with E-state index in [1.165, 1.54) is 16.9 Å². The molecule has 8 heteroatoms. The number of anilines is 2. The number of ether oxygens (including phenoxy) is 1. The minimum absolute atomic E-state index is 0.316. The van der Waals surface area contributed by atoms with Crippen molar-refractivity contribution in [3.05, 3.63) is 79.5 Å². The van der Waals surface area contributed by atoms with E-state index in [1.807, 2.05) is 42.5 Å². The molecule has 0 unspecified atom stereocenters. The highest BCUT2D eigenvalue weighted by Crippen LogP contribution is 2.31. The number of hydrogen-bond acceptors (Lipinski definition) is 4. The Morgan fingerprint density at radius 1 is 1.10 bits per heavy atom. The molecule has 0 saturated carbocycles. The highest BCUT2D eigenvalue weighted by Gasteiger charge is 2.18. The smallest absolute Gasteiger partial charge is 0.341 e. The first-order valence-electron chi connectivity index (χ1n) is 8.83. The zero-order valence-corrected chi connectivity index (χ0v) is 20.3. The number of rotatable bonds is 6. The molecule has 0 aliphatic heterocycles. The Labute approximate surface area is 195 Å². The van der Waals surface area contributed by atoms with Crippen LogP contribution >= 0.6 is 55.4 Å². The van der Waals surface area contributed by atoms with Crippen LogP contribution in [0.25, 0.3) is 0 Å². The number of esters is 1. The Balaban J connectivity index is 1.80. The molecule has 3 aromatic rings. The van der Waals surface area contributed by atoms with Crippen molar-refractivity contribution in [1.82, 2.24) is 0 Å². The molecule has 0 aliphatic carbocycles. The van der Waals surface area contributed by atoms with Crippen LogP contribution in [0, 0.1) is 0 Å². The third-order valence-corrected chi connectivity index (χ3v) is 6.31. The number of thiophene rings is 1. The van der Waals surface area contributed by atoms with Crippen molar-refractivity contribution in [2.75, 3.05) is 17.2 Å². The molecule has 0 amide bonds. The van der Waals surface area contributed by atoms with Gasteiger partial charge in [0.05, 0.1) is 17.9 Å². The Morgan fingerprint density at radius 3 is 2.55 bits per heavy atom. The summed E-state index contributed by atoms with van der Waals surface area (Å²) in [6.07, 6.45) is 0.734. The van der Waals surface area contributed by atoms with Crippen LogP contribution in [-0.4, -0.2) is 17.7 Å². The van der Waals surface area contributed by atoms with Gasteiger partial charge < -0.3 is 15.4 Å². The predicted octanol–water partition coefficient (Wildman–Crippen LogP) is 6.85. The number of benzene rings is 2. The number of hydrogen-bond donors (Lipinski definition) is 2. The Morgan fingerprint density at radius 2 is 1.86 bits per heavy atom. The van der Waals surface area contributed by atoms with Crippen LogP contribution in [0.2, 0.25) is 0 Å². The third kappa shape index (κ3) is 6.12. The van der Waals surface area contributed by atoms with Gasteiger partial charge in [0.15, 0.2) is 5.11 Å². The lowest BCUT2D eigenvalue weighted by atomic mass is 10.1. The topological polar surface area (TPSA) is 50.4 Å². The molecule has 0 spiro atoms. The van der Waals surface area contributed by atoms with Gasteiger partial charge in [-0.05, 0) is 64.9 Å². The molecule has 0 fully saturated rings. The number of halogens is 2. The predicted molar refractivity (Wildman–Crippen MR) is 131 cm³/mol. The van der Waals surface area contributed by atoms with Crippen LogP contribution in [0.5, 0.6) is 0 Å². The number of thiocarbonyl (C=S) groups is 1. The van der Waals surface area contributed by atoms with Gasteiger partial charge >= 0.3 is 5.97 Å². The second kappa shape index (κ2) is 10.3. The molecule has 150 valence electrons. The summed E-state index contributed by atoms with van der Waals surface area (Å²) < 4.78 is 7.05. The van der Waals surface area contributed by atoms with Crippen molar-refractivity contribution < 1.29 is 9.53 Å². The fourth-order valence-electron chi connectivity index (χ4n) is 2.63. The maximum absolute atomic E-state index is 12.4. The van der Waals surface area contributed by atoms with Crippen molar-refractivity contribution >= 4 is 77.2 Å². The molecule has 29 heavy (non-hydrogen) atoms. The summed E-state index contributed by atoms with van der Waals surface area (Å²) in [6.45, 7) is 2.11. The van der Waals surface area contributed by atoms with Gasteiger partial charge in [0.2, 0.25) is 0 Å². The van der Waals surface area contributed by atoms with Gasteiger partial charge in [-0.2, -0.15) is 0 Å². The van der Waals surface area contributed by atoms with E-state index >= 15 is 0 Å². The molecule has 2 aromatic carbocycles. The van der Waals surface area contributed by atoms with Gasteiger partial charge in [-0.25, -0.2) is 4.79 Å². The molecule has 0 radical (unpaired) electrons. The molecule has 0 saturated heterocycles. The minimum Gasteiger partial charge on any atom is -0.462 e. The van der Waals surface area contributed by atoms with Gasteiger partial charge in [-0.15, -0.1) is 11.3 Å².